The van der Waals surface area contributed by atoms with E-state index in [1.165, 1.54) is 16.4 Å². The molecule has 0 saturated carbocycles. The number of morpholine rings is 1. The van der Waals surface area contributed by atoms with E-state index in [0.717, 1.165) is 16.7 Å². The van der Waals surface area contributed by atoms with Gasteiger partial charge < -0.3 is 15.4 Å². The number of aliphatic imine (C=N–C) groups is 1. The molecule has 0 amide bonds. The van der Waals surface area contributed by atoms with Crippen molar-refractivity contribution in [2.45, 2.75) is 18.7 Å². The normalized spacial score (nSPS) is 15.6. The maximum absolute atomic E-state index is 13.3. The number of guanidine groups is 1. The van der Waals surface area contributed by atoms with E-state index in [1.807, 2.05) is 30.3 Å². The van der Waals surface area contributed by atoms with E-state index in [4.69, 9.17) is 4.74 Å². The summed E-state index contributed by atoms with van der Waals surface area (Å²) in [5.74, 6) is 0.307. The SMILES string of the molecule is CN=C(NCCc1cccc(F)c1)NCc1ccccc1CS(=O)(=O)N1CCOCC1. The van der Waals surface area contributed by atoms with Crippen LogP contribution in [-0.4, -0.2) is 58.6 Å². The molecule has 0 bridgehead atoms. The second kappa shape index (κ2) is 11.2. The van der Waals surface area contributed by atoms with Crippen molar-refractivity contribution in [3.05, 3.63) is 71.0 Å². The summed E-state index contributed by atoms with van der Waals surface area (Å²) in [6, 6.07) is 14.0. The predicted octanol–water partition coefficient (Wildman–Crippen LogP) is 1.90. The monoisotopic (exact) mass is 448 g/mol. The molecule has 2 aromatic carbocycles. The minimum Gasteiger partial charge on any atom is -0.379 e. The zero-order valence-corrected chi connectivity index (χ0v) is 18.5. The third-order valence-corrected chi connectivity index (χ3v) is 6.91. The number of ether oxygens (including phenoxy) is 1. The Morgan fingerprint density at radius 1 is 1.10 bits per heavy atom. The van der Waals surface area contributed by atoms with Gasteiger partial charge in [0.25, 0.3) is 0 Å². The molecule has 1 aliphatic rings. The Morgan fingerprint density at radius 2 is 1.84 bits per heavy atom. The van der Waals surface area contributed by atoms with Crippen LogP contribution in [0, 0.1) is 5.82 Å². The Hall–Kier alpha value is -2.49. The molecule has 0 aromatic heterocycles. The summed E-state index contributed by atoms with van der Waals surface area (Å²) in [5, 5.41) is 6.43. The fraction of sp³-hybridized carbons (Fsp3) is 0.409. The number of halogens is 1. The van der Waals surface area contributed by atoms with E-state index in [1.54, 1.807) is 13.1 Å². The molecule has 2 aromatic rings. The third-order valence-electron chi connectivity index (χ3n) is 5.08. The number of nitrogens with zero attached hydrogens (tertiary/aromatic N) is 2. The molecule has 1 fully saturated rings. The van der Waals surface area contributed by atoms with Gasteiger partial charge in [-0.05, 0) is 35.2 Å². The number of sulfonamides is 1. The Morgan fingerprint density at radius 3 is 2.55 bits per heavy atom. The number of hydrogen-bond donors (Lipinski definition) is 2. The summed E-state index contributed by atoms with van der Waals surface area (Å²) in [6.07, 6.45) is 0.660. The van der Waals surface area contributed by atoms with Gasteiger partial charge in [0.1, 0.15) is 5.82 Å². The average molecular weight is 449 g/mol. The van der Waals surface area contributed by atoms with Crippen molar-refractivity contribution < 1.29 is 17.5 Å². The zero-order valence-electron chi connectivity index (χ0n) is 17.7. The van der Waals surface area contributed by atoms with Crippen molar-refractivity contribution in [1.29, 1.82) is 0 Å². The Balaban J connectivity index is 1.55. The fourth-order valence-corrected chi connectivity index (χ4v) is 4.96. The fourth-order valence-electron chi connectivity index (χ4n) is 3.40. The van der Waals surface area contributed by atoms with Gasteiger partial charge in [-0.25, -0.2) is 12.8 Å². The maximum Gasteiger partial charge on any atom is 0.218 e. The first kappa shape index (κ1) is 23.2. The summed E-state index contributed by atoms with van der Waals surface area (Å²) >= 11 is 0. The first-order chi connectivity index (χ1) is 15.0. The Bertz CT molecular complexity index is 992. The lowest BCUT2D eigenvalue weighted by Crippen LogP contribution is -2.41. The lowest BCUT2D eigenvalue weighted by molar-refractivity contribution is 0.0729. The van der Waals surface area contributed by atoms with Gasteiger partial charge in [0, 0.05) is 33.2 Å². The maximum atomic E-state index is 13.3. The average Bonchev–Trinajstić information content (AvgIpc) is 2.77. The first-order valence-electron chi connectivity index (χ1n) is 10.3. The van der Waals surface area contributed by atoms with Crippen LogP contribution in [-0.2, 0) is 33.5 Å². The van der Waals surface area contributed by atoms with Crippen LogP contribution in [0.1, 0.15) is 16.7 Å². The van der Waals surface area contributed by atoms with Crippen LogP contribution in [0.15, 0.2) is 53.5 Å². The Labute approximate surface area is 183 Å². The minimum atomic E-state index is -3.40. The van der Waals surface area contributed by atoms with Crippen LogP contribution < -0.4 is 10.6 Å². The number of rotatable bonds is 8. The minimum absolute atomic E-state index is 0.0452. The van der Waals surface area contributed by atoms with Crippen LogP contribution in [0.25, 0.3) is 0 Å². The Kier molecular flexibility index (Phi) is 8.39. The largest absolute Gasteiger partial charge is 0.379 e. The van der Waals surface area contributed by atoms with E-state index >= 15 is 0 Å². The summed E-state index contributed by atoms with van der Waals surface area (Å²) in [5.41, 5.74) is 2.56. The van der Waals surface area contributed by atoms with Gasteiger partial charge in [-0.2, -0.15) is 4.31 Å². The van der Waals surface area contributed by atoms with Gasteiger partial charge in [0.05, 0.1) is 19.0 Å². The molecule has 7 nitrogen and oxygen atoms in total. The number of nitrogens with one attached hydrogen (secondary N) is 2. The highest BCUT2D eigenvalue weighted by Gasteiger charge is 2.25. The molecular weight excluding hydrogens is 419 g/mol. The molecule has 0 unspecified atom stereocenters. The summed E-state index contributed by atoms with van der Waals surface area (Å²) in [6.45, 7) is 2.68. The molecule has 168 valence electrons. The zero-order chi connectivity index (χ0) is 22.1. The molecule has 0 radical (unpaired) electrons. The molecule has 3 rings (SSSR count). The number of hydrogen-bond acceptors (Lipinski definition) is 4. The van der Waals surface area contributed by atoms with Crippen molar-refractivity contribution in [2.24, 2.45) is 4.99 Å². The van der Waals surface area contributed by atoms with Crippen molar-refractivity contribution in [3.8, 4) is 0 Å². The smallest absolute Gasteiger partial charge is 0.218 e. The van der Waals surface area contributed by atoms with Crippen LogP contribution in [0.2, 0.25) is 0 Å². The quantitative estimate of drug-likeness (QED) is 0.476. The second-order valence-corrected chi connectivity index (χ2v) is 9.24. The van der Waals surface area contributed by atoms with E-state index in [-0.39, 0.29) is 11.6 Å². The molecule has 2 N–H and O–H groups in total. The van der Waals surface area contributed by atoms with Gasteiger partial charge in [-0.3, -0.25) is 4.99 Å². The second-order valence-electron chi connectivity index (χ2n) is 7.27. The summed E-state index contributed by atoms with van der Waals surface area (Å²) in [4.78, 5) is 4.21. The van der Waals surface area contributed by atoms with Crippen LogP contribution in [0.4, 0.5) is 4.39 Å². The topological polar surface area (TPSA) is 83.0 Å². The summed E-state index contributed by atoms with van der Waals surface area (Å²) in [7, 11) is -1.73. The standard InChI is InChI=1S/C22H29FN4O3S/c1-24-22(25-10-9-18-5-4-8-21(23)15-18)26-16-19-6-2-3-7-20(19)17-31(28,29)27-11-13-30-14-12-27/h2-8,15H,9-14,16-17H2,1H3,(H2,24,25,26). The van der Waals surface area contributed by atoms with Crippen molar-refractivity contribution in [1.82, 2.24) is 14.9 Å². The first-order valence-corrected chi connectivity index (χ1v) is 11.9. The highest BCUT2D eigenvalue weighted by atomic mass is 32.2. The molecule has 1 heterocycles. The van der Waals surface area contributed by atoms with Crippen molar-refractivity contribution in [3.63, 3.8) is 0 Å². The molecule has 0 spiro atoms. The summed E-state index contributed by atoms with van der Waals surface area (Å²) < 4.78 is 45.6. The van der Waals surface area contributed by atoms with Gasteiger partial charge in [-0.1, -0.05) is 36.4 Å². The molecule has 0 atom stereocenters. The predicted molar refractivity (Wildman–Crippen MR) is 120 cm³/mol. The highest BCUT2D eigenvalue weighted by molar-refractivity contribution is 7.88. The third kappa shape index (κ3) is 7.02. The molecular formula is C22H29FN4O3S. The van der Waals surface area contributed by atoms with E-state index in [0.29, 0.717) is 51.8 Å². The molecule has 1 saturated heterocycles. The highest BCUT2D eigenvalue weighted by Crippen LogP contribution is 2.16. The molecule has 31 heavy (non-hydrogen) atoms. The molecule has 0 aliphatic carbocycles. The van der Waals surface area contributed by atoms with Crippen LogP contribution in [0.5, 0.6) is 0 Å². The van der Waals surface area contributed by atoms with E-state index in [9.17, 15) is 12.8 Å². The lowest BCUT2D eigenvalue weighted by Gasteiger charge is -2.26. The van der Waals surface area contributed by atoms with Crippen LogP contribution >= 0.6 is 0 Å². The van der Waals surface area contributed by atoms with Gasteiger partial charge >= 0.3 is 0 Å². The van der Waals surface area contributed by atoms with Crippen LogP contribution in [0.3, 0.4) is 0 Å². The van der Waals surface area contributed by atoms with Gasteiger partial charge in [0.15, 0.2) is 5.96 Å². The van der Waals surface area contributed by atoms with E-state index in [2.05, 4.69) is 15.6 Å². The number of benzene rings is 2. The van der Waals surface area contributed by atoms with Gasteiger partial charge in [0.2, 0.25) is 10.0 Å². The lowest BCUT2D eigenvalue weighted by atomic mass is 10.1. The van der Waals surface area contributed by atoms with Crippen molar-refractivity contribution >= 4 is 16.0 Å². The molecule has 1 aliphatic heterocycles. The van der Waals surface area contributed by atoms with E-state index < -0.39 is 10.0 Å². The van der Waals surface area contributed by atoms with Crippen molar-refractivity contribution in [2.75, 3.05) is 39.9 Å². The molecule has 9 heteroatoms. The van der Waals surface area contributed by atoms with Gasteiger partial charge in [-0.15, -0.1) is 0 Å².